The lowest BCUT2D eigenvalue weighted by atomic mass is 9.99. The number of hydrogen-bond donors (Lipinski definition) is 0. The van der Waals surface area contributed by atoms with Gasteiger partial charge in [0.25, 0.3) is 0 Å². The van der Waals surface area contributed by atoms with Gasteiger partial charge in [-0.2, -0.15) is 0 Å². The average Bonchev–Trinajstić information content (AvgIpc) is 3.01. The minimum atomic E-state index is -3.56. The molecule has 0 radical (unpaired) electrons. The normalized spacial score (nSPS) is 23.5. The lowest BCUT2D eigenvalue weighted by molar-refractivity contribution is -0.138. The quantitative estimate of drug-likeness (QED) is 0.759. The van der Waals surface area contributed by atoms with Gasteiger partial charge in [0.2, 0.25) is 0 Å². The van der Waals surface area contributed by atoms with Crippen molar-refractivity contribution in [1.29, 1.82) is 0 Å². The summed E-state index contributed by atoms with van der Waals surface area (Å²) in [6, 6.07) is 5.51. The Morgan fingerprint density at radius 3 is 2.83 bits per heavy atom. The van der Waals surface area contributed by atoms with Crippen molar-refractivity contribution in [2.24, 2.45) is 0 Å². The molecule has 3 rings (SSSR count). The number of rotatable bonds is 4. The maximum Gasteiger partial charge on any atom is 0.335 e. The predicted molar refractivity (Wildman–Crippen MR) is 93.8 cm³/mol. The van der Waals surface area contributed by atoms with Crippen LogP contribution in [0.4, 0.5) is 0 Å². The molecule has 0 saturated heterocycles. The Morgan fingerprint density at radius 1 is 1.29 bits per heavy atom. The molecule has 6 heteroatoms. The Kier molecular flexibility index (Phi) is 5.02. The largest absolute Gasteiger partial charge is 0.463 e. The highest BCUT2D eigenvalue weighted by Gasteiger charge is 2.43. The summed E-state index contributed by atoms with van der Waals surface area (Å²) in [5.74, 6) is -0.511. The minimum Gasteiger partial charge on any atom is -0.463 e. The molecule has 130 valence electrons. The van der Waals surface area contributed by atoms with Gasteiger partial charge in [-0.15, -0.1) is 0 Å². The highest BCUT2D eigenvalue weighted by molar-refractivity contribution is 7.92. The molecule has 1 unspecified atom stereocenters. The first-order valence-electron chi connectivity index (χ1n) is 8.34. The van der Waals surface area contributed by atoms with Gasteiger partial charge in [0.15, 0.2) is 9.84 Å². The standard InChI is InChI=1S/C18H21ClO4S/c1-2-23-18(20)13-7-3-4-9-15(13)24(21,22)16-11-10-12-6-5-8-14(19)17(12)16/h5-8,15-16H,2-4,9-11H2,1H3/t15-,16?/m1/s1. The molecular formula is C18H21ClO4S. The number of fused-ring (bicyclic) bond motifs is 1. The lowest BCUT2D eigenvalue weighted by Crippen LogP contribution is -2.33. The van der Waals surface area contributed by atoms with Gasteiger partial charge in [-0.25, -0.2) is 13.2 Å². The second kappa shape index (κ2) is 6.89. The number of benzene rings is 1. The van der Waals surface area contributed by atoms with Crippen LogP contribution >= 0.6 is 11.6 Å². The van der Waals surface area contributed by atoms with E-state index in [2.05, 4.69) is 0 Å². The van der Waals surface area contributed by atoms with E-state index in [9.17, 15) is 13.2 Å². The summed E-state index contributed by atoms with van der Waals surface area (Å²) in [7, 11) is -3.56. The minimum absolute atomic E-state index is 0.237. The van der Waals surface area contributed by atoms with Gasteiger partial charge in [-0.3, -0.25) is 0 Å². The highest BCUT2D eigenvalue weighted by atomic mass is 35.5. The van der Waals surface area contributed by atoms with E-state index in [1.165, 1.54) is 0 Å². The van der Waals surface area contributed by atoms with Crippen molar-refractivity contribution in [3.05, 3.63) is 46.0 Å². The molecule has 24 heavy (non-hydrogen) atoms. The number of halogens is 1. The number of ether oxygens (including phenoxy) is 1. The van der Waals surface area contributed by atoms with Crippen LogP contribution in [0.15, 0.2) is 29.8 Å². The number of esters is 1. The topological polar surface area (TPSA) is 60.4 Å². The Balaban J connectivity index is 1.98. The second-order valence-electron chi connectivity index (χ2n) is 6.23. The predicted octanol–water partition coefficient (Wildman–Crippen LogP) is 3.78. The maximum atomic E-state index is 13.3. The maximum absolute atomic E-state index is 13.3. The van der Waals surface area contributed by atoms with Crippen molar-refractivity contribution >= 4 is 27.4 Å². The molecule has 0 fully saturated rings. The molecule has 0 aromatic heterocycles. The molecule has 0 bridgehead atoms. The summed E-state index contributed by atoms with van der Waals surface area (Å²) in [6.07, 6.45) is 4.88. The van der Waals surface area contributed by atoms with Crippen LogP contribution in [0.5, 0.6) is 0 Å². The van der Waals surface area contributed by atoms with Gasteiger partial charge in [0, 0.05) is 5.02 Å². The third-order valence-corrected chi connectivity index (χ3v) is 7.70. The Bertz CT molecular complexity index is 782. The van der Waals surface area contributed by atoms with E-state index in [0.29, 0.717) is 41.8 Å². The summed E-state index contributed by atoms with van der Waals surface area (Å²) < 4.78 is 31.7. The van der Waals surface area contributed by atoms with E-state index in [0.717, 1.165) is 12.0 Å². The van der Waals surface area contributed by atoms with Gasteiger partial charge < -0.3 is 4.74 Å². The van der Waals surface area contributed by atoms with E-state index in [1.807, 2.05) is 12.1 Å². The Labute approximate surface area is 147 Å². The van der Waals surface area contributed by atoms with Crippen molar-refractivity contribution in [3.8, 4) is 0 Å². The molecule has 1 aromatic rings. The van der Waals surface area contributed by atoms with Crippen LogP contribution in [0.3, 0.4) is 0 Å². The molecule has 0 aliphatic heterocycles. The zero-order chi connectivity index (χ0) is 17.3. The van der Waals surface area contributed by atoms with Gasteiger partial charge in [-0.05, 0) is 56.2 Å². The molecule has 2 aliphatic rings. The summed E-state index contributed by atoms with van der Waals surface area (Å²) in [6.45, 7) is 1.96. The summed E-state index contributed by atoms with van der Waals surface area (Å²) in [5, 5.41) is -0.935. The molecule has 2 atom stereocenters. The van der Waals surface area contributed by atoms with E-state index < -0.39 is 26.3 Å². The third kappa shape index (κ3) is 3.00. The first-order chi connectivity index (χ1) is 11.5. The van der Waals surface area contributed by atoms with Gasteiger partial charge in [-0.1, -0.05) is 29.8 Å². The first kappa shape index (κ1) is 17.5. The molecular weight excluding hydrogens is 348 g/mol. The van der Waals surface area contributed by atoms with E-state index in [4.69, 9.17) is 16.3 Å². The fourth-order valence-corrected chi connectivity index (χ4v) is 6.62. The summed E-state index contributed by atoms with van der Waals surface area (Å²) in [5.41, 5.74) is 2.00. The zero-order valence-corrected chi connectivity index (χ0v) is 15.2. The number of aryl methyl sites for hydroxylation is 1. The molecule has 2 aliphatic carbocycles. The first-order valence-corrected chi connectivity index (χ1v) is 10.3. The Hall–Kier alpha value is -1.33. The third-order valence-electron chi connectivity index (χ3n) is 4.83. The van der Waals surface area contributed by atoms with Crippen molar-refractivity contribution in [2.75, 3.05) is 6.61 Å². The van der Waals surface area contributed by atoms with Crippen LogP contribution in [0.2, 0.25) is 5.02 Å². The van der Waals surface area contributed by atoms with E-state index in [1.54, 1.807) is 19.1 Å². The smallest absolute Gasteiger partial charge is 0.335 e. The van der Waals surface area contributed by atoms with E-state index >= 15 is 0 Å². The molecule has 0 spiro atoms. The van der Waals surface area contributed by atoms with Crippen LogP contribution in [0.25, 0.3) is 0 Å². The lowest BCUT2D eigenvalue weighted by Gasteiger charge is -2.26. The molecule has 1 aromatic carbocycles. The number of carbonyl (C=O) groups is 1. The highest BCUT2D eigenvalue weighted by Crippen LogP contribution is 2.45. The van der Waals surface area contributed by atoms with Crippen molar-refractivity contribution in [3.63, 3.8) is 0 Å². The number of hydrogen-bond acceptors (Lipinski definition) is 4. The van der Waals surface area contributed by atoms with Crippen molar-refractivity contribution in [2.45, 2.75) is 49.5 Å². The monoisotopic (exact) mass is 368 g/mol. The van der Waals surface area contributed by atoms with Crippen LogP contribution in [0, 0.1) is 0 Å². The molecule has 0 amide bonds. The number of carbonyl (C=O) groups excluding carboxylic acids is 1. The van der Waals surface area contributed by atoms with Crippen molar-refractivity contribution < 1.29 is 17.9 Å². The fraction of sp³-hybridized carbons (Fsp3) is 0.500. The van der Waals surface area contributed by atoms with E-state index in [-0.39, 0.29) is 6.61 Å². The fourth-order valence-electron chi connectivity index (χ4n) is 3.74. The zero-order valence-electron chi connectivity index (χ0n) is 13.6. The summed E-state index contributed by atoms with van der Waals surface area (Å²) >= 11 is 6.29. The molecule has 4 nitrogen and oxygen atoms in total. The van der Waals surface area contributed by atoms with Gasteiger partial charge in [0.1, 0.15) is 0 Å². The van der Waals surface area contributed by atoms with Crippen molar-refractivity contribution in [1.82, 2.24) is 0 Å². The number of allylic oxidation sites excluding steroid dienone is 1. The van der Waals surface area contributed by atoms with Crippen LogP contribution in [-0.2, 0) is 25.8 Å². The van der Waals surface area contributed by atoms with Gasteiger partial charge in [0.05, 0.1) is 22.7 Å². The SMILES string of the molecule is CCOC(=O)C1=CCCC[C@H]1S(=O)(=O)C1CCc2cccc(Cl)c21. The molecule has 0 heterocycles. The second-order valence-corrected chi connectivity index (χ2v) is 8.95. The van der Waals surface area contributed by atoms with Crippen LogP contribution in [-0.4, -0.2) is 26.2 Å². The summed E-state index contributed by atoms with van der Waals surface area (Å²) in [4.78, 5) is 12.2. The number of sulfone groups is 1. The van der Waals surface area contributed by atoms with Gasteiger partial charge >= 0.3 is 5.97 Å². The average molecular weight is 369 g/mol. The molecule has 0 saturated carbocycles. The Morgan fingerprint density at radius 2 is 2.08 bits per heavy atom. The van der Waals surface area contributed by atoms with Crippen LogP contribution in [0.1, 0.15) is 49.0 Å². The van der Waals surface area contributed by atoms with Crippen LogP contribution < -0.4 is 0 Å². The molecule has 0 N–H and O–H groups in total.